The van der Waals surface area contributed by atoms with E-state index in [4.69, 9.17) is 52.8 Å². The molecule has 3 N–H and O–H groups in total. The van der Waals surface area contributed by atoms with Crippen LogP contribution in [-0.2, 0) is 54.2 Å². The van der Waals surface area contributed by atoms with Crippen molar-refractivity contribution in [2.75, 3.05) is 59.8 Å². The maximum absolute atomic E-state index is 14.9. The van der Waals surface area contributed by atoms with Crippen LogP contribution in [-0.4, -0.2) is 171 Å². The van der Waals surface area contributed by atoms with Gasteiger partial charge < -0.3 is 48.9 Å². The number of pyridine rings is 2. The number of fused-ring (bicyclic) bond motifs is 6. The smallest absolute Gasteiger partial charge is 0.410 e. The SMILES string of the molecule is CC(C)[C@@H](C)[C@@]1(C)CC[C@]2(C)[C@H]3CC[C@@H]4[C@@]5(COC[C@@]4(C)[C@@H](OC[C@H]4CCCN4)[C@H](n4ncnc4-c4ccncc4)C5)C3=CC[C@@]2(C)[C@@H]1C(=O)O.COc1ccc(COC(=O)[C@@H]2[C@@](C)([C@H](C)C(C)C)CC[C@]3(C)[C@H]4CC[C@@H]5[C@@]6(COC[C@@]5(C)[C@@H](O)[C@H](n5ncnc5-c5ccncc5)C6)C4=CC[C@@]23C)cc1.Cc1ccc(S(=O)(=O)OC[C@H]2CCCN2C(=O)OC(C)(C)C)cc1. The van der Waals surface area contributed by atoms with Gasteiger partial charge >= 0.3 is 18.0 Å². The van der Waals surface area contributed by atoms with E-state index in [1.807, 2.05) is 72.5 Å². The van der Waals surface area contributed by atoms with E-state index >= 15 is 0 Å². The number of carbonyl (C=O) groups excluding carboxylic acids is 2. The molecule has 8 aliphatic carbocycles. The van der Waals surface area contributed by atoms with Gasteiger partial charge in [0.25, 0.3) is 10.1 Å². The minimum absolute atomic E-state index is 0.0312. The van der Waals surface area contributed by atoms with E-state index in [0.717, 1.165) is 136 Å². The molecule has 4 saturated heterocycles. The largest absolute Gasteiger partial charge is 0.497 e. The number of aliphatic carboxylic acids is 1. The van der Waals surface area contributed by atoms with Gasteiger partial charge in [0.15, 0.2) is 11.6 Å². The molecular weight excluding hydrogens is 1650 g/mol. The van der Waals surface area contributed by atoms with Crippen molar-refractivity contribution in [2.24, 2.45) is 113 Å². The summed E-state index contributed by atoms with van der Waals surface area (Å²) in [7, 11) is -2.17. The lowest BCUT2D eigenvalue weighted by Crippen LogP contribution is -2.69. The number of allylic oxidation sites excluding steroid dienone is 2. The maximum atomic E-state index is 14.9. The highest BCUT2D eigenvalue weighted by molar-refractivity contribution is 7.86. The van der Waals surface area contributed by atoms with E-state index in [1.54, 1.807) is 75.5 Å². The number of benzene rings is 2. The fourth-order valence-electron chi connectivity index (χ4n) is 28.9. The van der Waals surface area contributed by atoms with Crippen LogP contribution in [0.5, 0.6) is 5.75 Å². The molecule has 4 aromatic heterocycles. The van der Waals surface area contributed by atoms with Crippen molar-refractivity contribution in [2.45, 2.75) is 281 Å². The van der Waals surface area contributed by atoms with E-state index in [1.165, 1.54) is 24.1 Å². The predicted octanol–water partition coefficient (Wildman–Crippen LogP) is 19.2. The Morgan fingerprint density at radius 3 is 1.65 bits per heavy atom. The Bertz CT molecular complexity index is 5190. The van der Waals surface area contributed by atoms with Gasteiger partial charge in [-0.3, -0.25) is 23.7 Å². The molecule has 0 radical (unpaired) electrons. The molecule has 10 fully saturated rings. The molecule has 4 bridgehead atoms. The van der Waals surface area contributed by atoms with Gasteiger partial charge in [0.05, 0.1) is 93.8 Å². The Morgan fingerprint density at radius 1 is 0.612 bits per heavy atom. The number of aliphatic hydroxyl groups excluding tert-OH is 1. The summed E-state index contributed by atoms with van der Waals surface area (Å²) in [6.07, 6.45) is 29.8. The van der Waals surface area contributed by atoms with Crippen LogP contribution >= 0.6 is 0 Å². The number of methoxy groups -OCH3 is 1. The third-order valence-electron chi connectivity index (χ3n) is 36.8. The Labute approximate surface area is 766 Å². The zero-order valence-corrected chi connectivity index (χ0v) is 81.0. The van der Waals surface area contributed by atoms with Crippen LogP contribution in [0.15, 0.2) is 138 Å². The molecule has 24 atom stereocenters. The second-order valence-corrected chi connectivity index (χ2v) is 46.5. The summed E-state index contributed by atoms with van der Waals surface area (Å²) in [6.45, 7) is 45.1. The summed E-state index contributed by atoms with van der Waals surface area (Å²) in [5.41, 5.74) is 3.84. The number of rotatable bonds is 20. The number of carbonyl (C=O) groups is 3. The van der Waals surface area contributed by atoms with E-state index in [9.17, 15) is 33.0 Å². The standard InChI is InChI=1S/C45H60N4O5.C42H61N5O4.C17H25NO5S/c1-28(2)29(3)41(4)19-20-43(6)33-13-14-36-42(5)25-53-26-45(36,23-35(38(42)50)49-39(47-27-48-49)31-16-21-46-22-17-31)34(33)15-18-44(43,7)37(41)40(51)54-24-30-9-11-32(52-8)12-10-30;1-26(2)27(3)38(4)16-17-40(6)30-10-11-33-39(5)23-50-24-42(33,31(30)12-15-41(40,7)34(38)37(48)49)21-32(35(39)51-22-29-9-8-18-44-29)47-36(45-25-46-47)28-13-19-43-20-14-28;1-13-7-9-15(10-8-13)24(20,21)22-12-14-6-5-11-18(14)16(19)23-17(2,3)4/h9-12,15-17,21-22,27-29,33,35-38,50H,13-14,18-20,23-26H2,1-8H3;12-14,19-20,25-27,29-30,32-35,44H,8-11,15-18,21-24H2,1-7H3,(H,48,49);7-10,14H,5-6,11-12H2,1-4H3/t29-,33+,35-,36+,37-,38+,41-,42-,43-,44+,45+;27-,29-,30+,32-,33+,34-,35+,38-,39-,40-,41+,42+;14-/m111/s1. The van der Waals surface area contributed by atoms with Crippen LogP contribution in [0, 0.1) is 120 Å². The zero-order valence-electron chi connectivity index (χ0n) is 80.2. The fourth-order valence-corrected chi connectivity index (χ4v) is 29.9. The first-order chi connectivity index (χ1) is 61.1. The van der Waals surface area contributed by atoms with Crippen LogP contribution < -0.4 is 10.1 Å². The average Bonchev–Trinajstić information content (AvgIpc) is 1.03. The number of aliphatic hydroxyl groups is 1. The molecule has 702 valence electrons. The summed E-state index contributed by atoms with van der Waals surface area (Å²) in [5, 5.41) is 36.9. The van der Waals surface area contributed by atoms with Crippen molar-refractivity contribution in [3.05, 3.63) is 145 Å². The quantitative estimate of drug-likeness (QED) is 0.0363. The van der Waals surface area contributed by atoms with Crippen LogP contribution in [0.25, 0.3) is 22.8 Å². The number of ether oxygens (including phenoxy) is 6. The van der Waals surface area contributed by atoms with Gasteiger partial charge in [-0.15, -0.1) is 0 Å². The van der Waals surface area contributed by atoms with Crippen molar-refractivity contribution in [3.8, 4) is 28.5 Å². The summed E-state index contributed by atoms with van der Waals surface area (Å²) < 4.78 is 71.5. The highest BCUT2D eigenvalue weighted by Gasteiger charge is 2.75. The van der Waals surface area contributed by atoms with Crippen molar-refractivity contribution in [1.82, 2.24) is 49.7 Å². The van der Waals surface area contributed by atoms with Crippen LogP contribution in [0.3, 0.4) is 0 Å². The average molecular weight is 1790 g/mol. The van der Waals surface area contributed by atoms with Crippen molar-refractivity contribution >= 4 is 28.1 Å². The van der Waals surface area contributed by atoms with Crippen LogP contribution in [0.4, 0.5) is 4.79 Å². The lowest BCUT2D eigenvalue weighted by atomic mass is 9.34. The van der Waals surface area contributed by atoms with Gasteiger partial charge in [-0.25, -0.2) is 24.1 Å². The molecule has 25 heteroatoms. The first-order valence-electron chi connectivity index (χ1n) is 48.3. The molecule has 24 nitrogen and oxygen atoms in total. The molecule has 6 saturated carbocycles. The van der Waals surface area contributed by atoms with Gasteiger partial charge in [0.2, 0.25) is 0 Å². The number of nitrogens with zero attached hydrogens (tertiary/aromatic N) is 9. The number of carboxylic acids is 1. The summed E-state index contributed by atoms with van der Waals surface area (Å²) in [6, 6.07) is 22.0. The third kappa shape index (κ3) is 16.2. The Balaban J connectivity index is 0.000000152. The van der Waals surface area contributed by atoms with E-state index < -0.39 is 45.2 Å². The summed E-state index contributed by atoms with van der Waals surface area (Å²) in [5.74, 6) is 3.87. The number of carboxylic acid groups (broad SMARTS) is 1. The molecule has 6 aromatic rings. The predicted molar refractivity (Wildman–Crippen MR) is 494 cm³/mol. The van der Waals surface area contributed by atoms with Crippen LogP contribution in [0.1, 0.15) is 244 Å². The lowest BCUT2D eigenvalue weighted by molar-refractivity contribution is -0.250. The second-order valence-electron chi connectivity index (χ2n) is 44.9. The molecule has 0 unspecified atom stereocenters. The number of hydrogen-bond donors (Lipinski definition) is 3. The summed E-state index contributed by atoms with van der Waals surface area (Å²) in [4.78, 5) is 60.3. The number of nitrogens with one attached hydrogen (secondary N) is 1. The Kier molecular flexibility index (Phi) is 26.0. The molecule has 2 aromatic carbocycles. The lowest BCUT2D eigenvalue weighted by Gasteiger charge is -2.71. The highest BCUT2D eigenvalue weighted by Crippen LogP contribution is 2.78. The molecule has 12 aliphatic rings. The normalized spacial score (nSPS) is 37.2. The first kappa shape index (κ1) is 94.4. The molecule has 0 spiro atoms. The first-order valence-corrected chi connectivity index (χ1v) is 49.7. The zero-order chi connectivity index (χ0) is 92.2. The van der Waals surface area contributed by atoms with E-state index in [2.05, 4.69) is 129 Å². The van der Waals surface area contributed by atoms with Gasteiger partial charge in [0, 0.05) is 70.2 Å². The number of aryl methyl sites for hydroxylation is 1. The van der Waals surface area contributed by atoms with Gasteiger partial charge in [-0.1, -0.05) is 150 Å². The monoisotopic (exact) mass is 1790 g/mol. The number of amides is 1. The van der Waals surface area contributed by atoms with E-state index in [0.29, 0.717) is 93.5 Å². The van der Waals surface area contributed by atoms with E-state index in [-0.39, 0.29) is 109 Å². The molecule has 18 rings (SSSR count). The number of aromatic nitrogens is 8. The number of esters is 1. The molecular formula is C104H146N10O14S. The van der Waals surface area contributed by atoms with Crippen molar-refractivity contribution in [1.29, 1.82) is 0 Å². The number of likely N-dealkylation sites (tertiary alicyclic amines) is 1. The minimum Gasteiger partial charge on any atom is -0.497 e. The molecule has 129 heavy (non-hydrogen) atoms. The van der Waals surface area contributed by atoms with Crippen molar-refractivity contribution < 1.29 is 65.6 Å². The second kappa shape index (κ2) is 35.6. The third-order valence-corrected chi connectivity index (χ3v) is 38.1. The highest BCUT2D eigenvalue weighted by atomic mass is 32.2. The molecule has 1 amide bonds. The molecule has 8 heterocycles. The van der Waals surface area contributed by atoms with Gasteiger partial charge in [-0.2, -0.15) is 18.6 Å². The minimum atomic E-state index is -3.83. The summed E-state index contributed by atoms with van der Waals surface area (Å²) >= 11 is 0. The fraction of sp³-hybridized carbons (Fsp3) is 0.683. The van der Waals surface area contributed by atoms with Crippen molar-refractivity contribution in [3.63, 3.8) is 0 Å². The number of hydrogen-bond acceptors (Lipinski definition) is 20. The maximum Gasteiger partial charge on any atom is 0.410 e. The van der Waals surface area contributed by atoms with Gasteiger partial charge in [-0.05, 0) is 271 Å². The van der Waals surface area contributed by atoms with Gasteiger partial charge in [0.1, 0.15) is 30.6 Å². The Hall–Kier alpha value is -7.78. The van der Waals surface area contributed by atoms with Crippen LogP contribution in [0.2, 0.25) is 0 Å². The topological polar surface area (TPSA) is 293 Å². The molecule has 4 aliphatic heterocycles. The Morgan fingerprint density at radius 2 is 1.13 bits per heavy atom.